The number of halogens is 1. The Morgan fingerprint density at radius 1 is 1.28 bits per heavy atom. The van der Waals surface area contributed by atoms with Gasteiger partial charge in [0.25, 0.3) is 5.91 Å². The predicted octanol–water partition coefficient (Wildman–Crippen LogP) is 2.17. The average Bonchev–Trinajstić information content (AvgIpc) is 2.67. The van der Waals surface area contributed by atoms with Crippen molar-refractivity contribution in [3.63, 3.8) is 0 Å². The smallest absolute Gasteiger partial charge is 0.267 e. The zero-order valence-corrected chi connectivity index (χ0v) is 17.0. The van der Waals surface area contributed by atoms with Crippen molar-refractivity contribution in [3.8, 4) is 11.8 Å². The van der Waals surface area contributed by atoms with Crippen LogP contribution in [0, 0.1) is 11.3 Å². The van der Waals surface area contributed by atoms with E-state index >= 15 is 0 Å². The molecule has 0 unspecified atom stereocenters. The number of nitrogens with two attached hydrogens (primary N) is 1. The number of primary sulfonamides is 1. The normalized spacial score (nSPS) is 11.4. The van der Waals surface area contributed by atoms with Crippen molar-refractivity contribution in [2.24, 2.45) is 5.14 Å². The lowest BCUT2D eigenvalue weighted by Gasteiger charge is -2.08. The van der Waals surface area contributed by atoms with Crippen LogP contribution in [0.2, 0.25) is 5.02 Å². The quantitative estimate of drug-likeness (QED) is 0.331. The van der Waals surface area contributed by atoms with Gasteiger partial charge in [-0.05, 0) is 42.3 Å². The molecule has 0 radical (unpaired) electrons. The Bertz CT molecular complexity index is 1060. The number of benzene rings is 2. The number of nitriles is 1. The van der Waals surface area contributed by atoms with E-state index in [9.17, 15) is 18.5 Å². The van der Waals surface area contributed by atoms with Crippen molar-refractivity contribution < 1.29 is 17.9 Å². The van der Waals surface area contributed by atoms with E-state index in [0.29, 0.717) is 29.4 Å². The molecule has 0 aliphatic heterocycles. The van der Waals surface area contributed by atoms with E-state index in [4.69, 9.17) is 21.5 Å². The molecule has 0 heterocycles. The maximum atomic E-state index is 12.2. The first-order chi connectivity index (χ1) is 13.7. The summed E-state index contributed by atoms with van der Waals surface area (Å²) in [5.41, 5.74) is 1.19. The highest BCUT2D eigenvalue weighted by Crippen LogP contribution is 2.27. The van der Waals surface area contributed by atoms with Crippen LogP contribution in [-0.4, -0.2) is 28.0 Å². The van der Waals surface area contributed by atoms with Gasteiger partial charge in [-0.2, -0.15) is 5.26 Å². The molecule has 4 N–H and O–H groups in total. The van der Waals surface area contributed by atoms with E-state index in [2.05, 4.69) is 10.6 Å². The van der Waals surface area contributed by atoms with Crippen LogP contribution < -0.4 is 20.5 Å². The minimum atomic E-state index is -3.72. The molecular formula is C19H19ClN4O4S. The molecular weight excluding hydrogens is 416 g/mol. The number of carbonyl (C=O) groups is 1. The van der Waals surface area contributed by atoms with Crippen LogP contribution >= 0.6 is 11.6 Å². The van der Waals surface area contributed by atoms with Gasteiger partial charge in [0.2, 0.25) is 10.0 Å². The van der Waals surface area contributed by atoms with Crippen LogP contribution in [0.5, 0.6) is 5.75 Å². The Hall–Kier alpha value is -3.06. The molecule has 1 amide bonds. The van der Waals surface area contributed by atoms with Crippen molar-refractivity contribution in [1.82, 2.24) is 5.32 Å². The summed E-state index contributed by atoms with van der Waals surface area (Å²) in [4.78, 5) is 12.3. The number of hydrogen-bond acceptors (Lipinski definition) is 6. The number of rotatable bonds is 8. The van der Waals surface area contributed by atoms with Crippen LogP contribution in [0.25, 0.3) is 0 Å². The molecule has 10 heteroatoms. The van der Waals surface area contributed by atoms with Gasteiger partial charge in [0.15, 0.2) is 0 Å². The third-order valence-corrected chi connectivity index (χ3v) is 5.06. The van der Waals surface area contributed by atoms with Crippen molar-refractivity contribution in [2.45, 2.75) is 11.3 Å². The number of methoxy groups -OCH3 is 1. The number of ether oxygens (including phenoxy) is 1. The molecule has 29 heavy (non-hydrogen) atoms. The molecule has 0 spiro atoms. The number of anilines is 1. The van der Waals surface area contributed by atoms with Gasteiger partial charge in [0.1, 0.15) is 17.4 Å². The monoisotopic (exact) mass is 434 g/mol. The third kappa shape index (κ3) is 6.50. The number of carbonyl (C=O) groups excluding carboxylic acids is 1. The van der Waals surface area contributed by atoms with Gasteiger partial charge >= 0.3 is 0 Å². The fraction of sp³-hybridized carbons (Fsp3) is 0.158. The summed E-state index contributed by atoms with van der Waals surface area (Å²) in [5, 5.41) is 20.1. The molecule has 0 saturated carbocycles. The molecule has 0 fully saturated rings. The Kier molecular flexibility index (Phi) is 7.61. The molecule has 0 aliphatic carbocycles. The summed E-state index contributed by atoms with van der Waals surface area (Å²) in [6, 6.07) is 12.7. The van der Waals surface area contributed by atoms with Crippen LogP contribution in [0.15, 0.2) is 59.1 Å². The fourth-order valence-electron chi connectivity index (χ4n) is 2.33. The zero-order valence-electron chi connectivity index (χ0n) is 15.5. The first-order valence-electron chi connectivity index (χ1n) is 8.35. The highest BCUT2D eigenvalue weighted by Gasteiger charge is 2.11. The van der Waals surface area contributed by atoms with Gasteiger partial charge < -0.3 is 15.4 Å². The van der Waals surface area contributed by atoms with E-state index in [1.165, 1.54) is 31.5 Å². The number of nitrogens with one attached hydrogen (secondary N) is 2. The Balaban J connectivity index is 1.92. The summed E-state index contributed by atoms with van der Waals surface area (Å²) in [6.07, 6.45) is 1.87. The van der Waals surface area contributed by atoms with Crippen molar-refractivity contribution >= 4 is 33.2 Å². The second-order valence-electron chi connectivity index (χ2n) is 5.87. The van der Waals surface area contributed by atoms with E-state index in [1.807, 2.05) is 6.07 Å². The van der Waals surface area contributed by atoms with Crippen molar-refractivity contribution in [2.75, 3.05) is 19.0 Å². The molecule has 0 bridgehead atoms. The standard InChI is InChI=1S/C19H19ClN4O4S/c1-28-18-7-4-15(10-17(18)20)24-19(25)14(11-21)12-23-9-8-13-2-5-16(6-3-13)29(22,26)27/h2-7,10,12,23H,8-9H2,1H3,(H,24,25)(H2,22,26,27)/b14-12-. The zero-order chi connectivity index (χ0) is 21.4. The van der Waals surface area contributed by atoms with Crippen LogP contribution in [-0.2, 0) is 21.2 Å². The Morgan fingerprint density at radius 3 is 2.52 bits per heavy atom. The average molecular weight is 435 g/mol. The molecule has 0 aromatic heterocycles. The van der Waals surface area contributed by atoms with Gasteiger partial charge in [-0.3, -0.25) is 4.79 Å². The lowest BCUT2D eigenvalue weighted by molar-refractivity contribution is -0.112. The largest absolute Gasteiger partial charge is 0.495 e. The SMILES string of the molecule is COc1ccc(NC(=O)/C(C#N)=C\NCCc2ccc(S(N)(=O)=O)cc2)cc1Cl. The maximum Gasteiger partial charge on any atom is 0.267 e. The summed E-state index contributed by atoms with van der Waals surface area (Å²) >= 11 is 6.01. The topological polar surface area (TPSA) is 134 Å². The number of amides is 1. The van der Waals surface area contributed by atoms with E-state index in [0.717, 1.165) is 5.56 Å². The van der Waals surface area contributed by atoms with E-state index < -0.39 is 15.9 Å². The molecule has 0 saturated heterocycles. The Labute approximate surface area is 174 Å². The number of nitrogens with zero attached hydrogens (tertiary/aromatic N) is 1. The molecule has 0 aliphatic rings. The molecule has 2 aromatic rings. The maximum absolute atomic E-state index is 12.2. The first-order valence-corrected chi connectivity index (χ1v) is 10.3. The van der Waals surface area contributed by atoms with Crippen molar-refractivity contribution in [1.29, 1.82) is 5.26 Å². The summed E-state index contributed by atoms with van der Waals surface area (Å²) in [6.45, 7) is 0.432. The second kappa shape index (κ2) is 9.93. The molecule has 2 rings (SSSR count). The van der Waals surface area contributed by atoms with Gasteiger partial charge in [0, 0.05) is 18.4 Å². The summed E-state index contributed by atoms with van der Waals surface area (Å²) in [5.74, 6) is -0.113. The van der Waals surface area contributed by atoms with Gasteiger partial charge in [0.05, 0.1) is 17.0 Å². The summed E-state index contributed by atoms with van der Waals surface area (Å²) in [7, 11) is -2.24. The van der Waals surface area contributed by atoms with Crippen molar-refractivity contribution in [3.05, 3.63) is 64.8 Å². The Morgan fingerprint density at radius 2 is 1.97 bits per heavy atom. The first kappa shape index (κ1) is 22.2. The van der Waals surface area contributed by atoms with E-state index in [-0.39, 0.29) is 10.5 Å². The second-order valence-corrected chi connectivity index (χ2v) is 7.83. The number of hydrogen-bond donors (Lipinski definition) is 3. The lowest BCUT2D eigenvalue weighted by Crippen LogP contribution is -2.18. The fourth-order valence-corrected chi connectivity index (χ4v) is 3.10. The van der Waals surface area contributed by atoms with Gasteiger partial charge in [-0.1, -0.05) is 23.7 Å². The van der Waals surface area contributed by atoms with Crippen LogP contribution in [0.3, 0.4) is 0 Å². The lowest BCUT2D eigenvalue weighted by atomic mass is 10.1. The molecule has 8 nitrogen and oxygen atoms in total. The molecule has 0 atom stereocenters. The predicted molar refractivity (Wildman–Crippen MR) is 110 cm³/mol. The molecule has 2 aromatic carbocycles. The van der Waals surface area contributed by atoms with Gasteiger partial charge in [-0.15, -0.1) is 0 Å². The molecule has 152 valence electrons. The summed E-state index contributed by atoms with van der Waals surface area (Å²) < 4.78 is 27.5. The number of sulfonamides is 1. The van der Waals surface area contributed by atoms with Gasteiger partial charge in [-0.25, -0.2) is 13.6 Å². The highest BCUT2D eigenvalue weighted by molar-refractivity contribution is 7.89. The highest BCUT2D eigenvalue weighted by atomic mass is 35.5. The van der Waals surface area contributed by atoms with E-state index in [1.54, 1.807) is 24.3 Å². The van der Waals surface area contributed by atoms with Crippen LogP contribution in [0.4, 0.5) is 5.69 Å². The minimum Gasteiger partial charge on any atom is -0.495 e. The van der Waals surface area contributed by atoms with Crippen LogP contribution in [0.1, 0.15) is 5.56 Å². The minimum absolute atomic E-state index is 0.0381. The third-order valence-electron chi connectivity index (χ3n) is 3.83.